The van der Waals surface area contributed by atoms with Crippen LogP contribution in [-0.2, 0) is 14.4 Å². The van der Waals surface area contributed by atoms with Crippen LogP contribution < -0.4 is 0 Å². The standard InChI is InChI=1S/C8H11NO3/c10-7-3-4-8(11)9(7)12-5-6-1-2-6/h6H,1-5H2. The van der Waals surface area contributed by atoms with Gasteiger partial charge in [-0.3, -0.25) is 14.4 Å². The van der Waals surface area contributed by atoms with Crippen LogP contribution in [0, 0.1) is 5.92 Å². The Morgan fingerprint density at radius 1 is 1.25 bits per heavy atom. The SMILES string of the molecule is O=C1CCC(=O)N1OCC1CC1. The van der Waals surface area contributed by atoms with E-state index in [1.54, 1.807) is 0 Å². The Morgan fingerprint density at radius 3 is 2.33 bits per heavy atom. The Kier molecular flexibility index (Phi) is 1.84. The van der Waals surface area contributed by atoms with Crippen molar-refractivity contribution in [3.63, 3.8) is 0 Å². The predicted molar refractivity (Wildman–Crippen MR) is 39.8 cm³/mol. The second-order valence-electron chi connectivity index (χ2n) is 3.32. The third-order valence-corrected chi connectivity index (χ3v) is 2.14. The summed E-state index contributed by atoms with van der Waals surface area (Å²) in [6.45, 7) is 0.525. The molecule has 66 valence electrons. The molecule has 0 spiro atoms. The van der Waals surface area contributed by atoms with Crippen molar-refractivity contribution < 1.29 is 14.4 Å². The average molecular weight is 169 g/mol. The fraction of sp³-hybridized carbons (Fsp3) is 0.750. The quantitative estimate of drug-likeness (QED) is 0.577. The summed E-state index contributed by atoms with van der Waals surface area (Å²) in [7, 11) is 0. The Hall–Kier alpha value is -0.900. The smallest absolute Gasteiger partial charge is 0.253 e. The van der Waals surface area contributed by atoms with Gasteiger partial charge in [0.15, 0.2) is 0 Å². The molecule has 0 unspecified atom stereocenters. The molecule has 4 heteroatoms. The molecule has 0 radical (unpaired) electrons. The van der Waals surface area contributed by atoms with E-state index >= 15 is 0 Å². The first-order chi connectivity index (χ1) is 5.77. The molecule has 4 nitrogen and oxygen atoms in total. The van der Waals surface area contributed by atoms with Gasteiger partial charge in [-0.2, -0.15) is 5.06 Å². The summed E-state index contributed by atoms with van der Waals surface area (Å²) in [5.41, 5.74) is 0. The fourth-order valence-corrected chi connectivity index (χ4v) is 1.16. The highest BCUT2D eigenvalue weighted by Gasteiger charge is 2.32. The molecule has 0 N–H and O–H groups in total. The molecule has 1 aliphatic carbocycles. The molecule has 0 bridgehead atoms. The number of carbonyl (C=O) groups is 2. The van der Waals surface area contributed by atoms with Gasteiger partial charge in [-0.25, -0.2) is 0 Å². The third-order valence-electron chi connectivity index (χ3n) is 2.14. The number of hydrogen-bond donors (Lipinski definition) is 0. The van der Waals surface area contributed by atoms with Crippen LogP contribution in [0.5, 0.6) is 0 Å². The van der Waals surface area contributed by atoms with Gasteiger partial charge >= 0.3 is 0 Å². The Morgan fingerprint density at radius 2 is 1.83 bits per heavy atom. The van der Waals surface area contributed by atoms with Gasteiger partial charge in [0, 0.05) is 12.8 Å². The first kappa shape index (κ1) is 7.73. The maximum Gasteiger partial charge on any atom is 0.253 e. The molecule has 12 heavy (non-hydrogen) atoms. The second kappa shape index (κ2) is 2.86. The molecule has 1 heterocycles. The molecule has 0 aromatic heterocycles. The molecule has 1 saturated carbocycles. The molecule has 0 atom stereocenters. The van der Waals surface area contributed by atoms with Crippen LogP contribution in [0.1, 0.15) is 25.7 Å². The zero-order valence-electron chi connectivity index (χ0n) is 6.78. The first-order valence-corrected chi connectivity index (χ1v) is 4.26. The van der Waals surface area contributed by atoms with E-state index in [1.807, 2.05) is 0 Å². The summed E-state index contributed by atoms with van der Waals surface area (Å²) >= 11 is 0. The van der Waals surface area contributed by atoms with Gasteiger partial charge in [0.05, 0.1) is 6.61 Å². The van der Waals surface area contributed by atoms with Crippen molar-refractivity contribution in [1.82, 2.24) is 5.06 Å². The molecule has 0 aromatic carbocycles. The molecular weight excluding hydrogens is 158 g/mol. The van der Waals surface area contributed by atoms with E-state index in [9.17, 15) is 9.59 Å². The maximum atomic E-state index is 11.0. The molecular formula is C8H11NO3. The van der Waals surface area contributed by atoms with Crippen molar-refractivity contribution in [2.45, 2.75) is 25.7 Å². The molecule has 1 aliphatic heterocycles. The van der Waals surface area contributed by atoms with E-state index in [4.69, 9.17) is 4.84 Å². The van der Waals surface area contributed by atoms with Crippen molar-refractivity contribution >= 4 is 11.8 Å². The lowest BCUT2D eigenvalue weighted by molar-refractivity contribution is -0.188. The highest BCUT2D eigenvalue weighted by Crippen LogP contribution is 2.29. The van der Waals surface area contributed by atoms with Crippen LogP contribution in [0.25, 0.3) is 0 Å². The van der Waals surface area contributed by atoms with E-state index in [0.29, 0.717) is 25.4 Å². The highest BCUT2D eigenvalue weighted by molar-refractivity contribution is 6.00. The number of hydrogen-bond acceptors (Lipinski definition) is 3. The van der Waals surface area contributed by atoms with Crippen LogP contribution in [0.2, 0.25) is 0 Å². The van der Waals surface area contributed by atoms with Crippen LogP contribution >= 0.6 is 0 Å². The van der Waals surface area contributed by atoms with Gasteiger partial charge in [0.25, 0.3) is 11.8 Å². The monoisotopic (exact) mass is 169 g/mol. The number of nitrogens with zero attached hydrogens (tertiary/aromatic N) is 1. The summed E-state index contributed by atoms with van der Waals surface area (Å²) in [4.78, 5) is 27.1. The zero-order chi connectivity index (χ0) is 8.55. The third kappa shape index (κ3) is 1.48. The van der Waals surface area contributed by atoms with Gasteiger partial charge < -0.3 is 0 Å². The average Bonchev–Trinajstić information content (AvgIpc) is 2.80. The summed E-state index contributed by atoms with van der Waals surface area (Å²) in [6, 6.07) is 0. The van der Waals surface area contributed by atoms with Gasteiger partial charge in [-0.1, -0.05) is 0 Å². The lowest BCUT2D eigenvalue weighted by Gasteiger charge is -2.12. The minimum absolute atomic E-state index is 0.194. The molecule has 0 aromatic rings. The maximum absolute atomic E-state index is 11.0. The van der Waals surface area contributed by atoms with Gasteiger partial charge in [-0.05, 0) is 18.8 Å². The minimum Gasteiger partial charge on any atom is -0.272 e. The minimum atomic E-state index is -0.194. The first-order valence-electron chi connectivity index (χ1n) is 4.26. The molecule has 1 saturated heterocycles. The van der Waals surface area contributed by atoms with Crippen molar-refractivity contribution in [2.75, 3.05) is 6.61 Å². The van der Waals surface area contributed by atoms with Crippen LogP contribution in [0.15, 0.2) is 0 Å². The normalized spacial score (nSPS) is 23.8. The summed E-state index contributed by atoms with van der Waals surface area (Å²) < 4.78 is 0. The molecule has 2 aliphatic rings. The van der Waals surface area contributed by atoms with Gasteiger partial charge in [0.1, 0.15) is 0 Å². The Bertz CT molecular complexity index is 206. The predicted octanol–water partition coefficient (Wildman–Crippen LogP) is 0.477. The molecule has 2 fully saturated rings. The van der Waals surface area contributed by atoms with Crippen molar-refractivity contribution in [3.05, 3.63) is 0 Å². The van der Waals surface area contributed by atoms with E-state index in [0.717, 1.165) is 17.9 Å². The number of imide groups is 1. The number of rotatable bonds is 3. The van der Waals surface area contributed by atoms with Crippen LogP contribution in [0.4, 0.5) is 0 Å². The van der Waals surface area contributed by atoms with Gasteiger partial charge in [-0.15, -0.1) is 0 Å². The topological polar surface area (TPSA) is 46.6 Å². The largest absolute Gasteiger partial charge is 0.272 e. The zero-order valence-corrected chi connectivity index (χ0v) is 6.78. The lowest BCUT2D eigenvalue weighted by atomic mass is 10.4. The van der Waals surface area contributed by atoms with E-state index in [2.05, 4.69) is 0 Å². The lowest BCUT2D eigenvalue weighted by Crippen LogP contribution is -2.30. The second-order valence-corrected chi connectivity index (χ2v) is 3.32. The summed E-state index contributed by atoms with van der Waals surface area (Å²) in [5.74, 6) is 0.188. The number of hydroxylamine groups is 2. The van der Waals surface area contributed by atoms with E-state index in [1.165, 1.54) is 0 Å². The number of amides is 2. The van der Waals surface area contributed by atoms with Crippen molar-refractivity contribution in [3.8, 4) is 0 Å². The van der Waals surface area contributed by atoms with Crippen molar-refractivity contribution in [1.29, 1.82) is 0 Å². The summed E-state index contributed by atoms with van der Waals surface area (Å²) in [6.07, 6.45) is 2.94. The van der Waals surface area contributed by atoms with E-state index < -0.39 is 0 Å². The Labute approximate surface area is 70.4 Å². The summed E-state index contributed by atoms with van der Waals surface area (Å²) in [5, 5.41) is 0.929. The van der Waals surface area contributed by atoms with Crippen molar-refractivity contribution in [2.24, 2.45) is 5.92 Å². The number of carbonyl (C=O) groups excluding carboxylic acids is 2. The van der Waals surface area contributed by atoms with Gasteiger partial charge in [0.2, 0.25) is 0 Å². The fourth-order valence-electron chi connectivity index (χ4n) is 1.16. The van der Waals surface area contributed by atoms with Crippen LogP contribution in [0.3, 0.4) is 0 Å². The Balaban J connectivity index is 1.83. The molecule has 2 rings (SSSR count). The molecule has 2 amide bonds. The van der Waals surface area contributed by atoms with E-state index in [-0.39, 0.29) is 11.8 Å². The highest BCUT2D eigenvalue weighted by atomic mass is 16.7. The van der Waals surface area contributed by atoms with Crippen LogP contribution in [-0.4, -0.2) is 23.5 Å².